The second kappa shape index (κ2) is 3.51. The predicted molar refractivity (Wildman–Crippen MR) is 56.6 cm³/mol. The fourth-order valence-corrected chi connectivity index (χ4v) is 2.25. The standard InChI is InChI=1S/C13H15FO/c14-12-7-6-10-2-1-3-11(10)13(12)15-8-9-4-5-9/h6-7,9H,1-5,8H2. The van der Waals surface area contributed by atoms with E-state index in [1.807, 2.05) is 6.07 Å². The zero-order valence-electron chi connectivity index (χ0n) is 8.76. The van der Waals surface area contributed by atoms with Crippen LogP contribution < -0.4 is 4.74 Å². The van der Waals surface area contributed by atoms with E-state index in [-0.39, 0.29) is 5.82 Å². The second-order valence-electron chi connectivity index (χ2n) is 4.62. The molecule has 2 aliphatic rings. The van der Waals surface area contributed by atoms with Gasteiger partial charge in [0.15, 0.2) is 11.6 Å². The van der Waals surface area contributed by atoms with E-state index in [1.165, 1.54) is 18.4 Å². The van der Waals surface area contributed by atoms with Crippen LogP contribution in [0.15, 0.2) is 12.1 Å². The van der Waals surface area contributed by atoms with Gasteiger partial charge < -0.3 is 4.74 Å². The van der Waals surface area contributed by atoms with Crippen LogP contribution in [0, 0.1) is 11.7 Å². The van der Waals surface area contributed by atoms with Gasteiger partial charge in [0, 0.05) is 5.56 Å². The summed E-state index contributed by atoms with van der Waals surface area (Å²) >= 11 is 0. The Balaban J connectivity index is 1.86. The van der Waals surface area contributed by atoms with Crippen LogP contribution in [0.2, 0.25) is 0 Å². The fraction of sp³-hybridized carbons (Fsp3) is 0.538. The summed E-state index contributed by atoms with van der Waals surface area (Å²) < 4.78 is 19.2. The van der Waals surface area contributed by atoms with Crippen LogP contribution in [0.25, 0.3) is 0 Å². The lowest BCUT2D eigenvalue weighted by molar-refractivity contribution is 0.282. The molecule has 0 N–H and O–H groups in total. The average molecular weight is 206 g/mol. The first-order chi connectivity index (χ1) is 7.34. The molecule has 2 aliphatic carbocycles. The zero-order valence-corrected chi connectivity index (χ0v) is 8.76. The molecular formula is C13H15FO. The summed E-state index contributed by atoms with van der Waals surface area (Å²) in [5.41, 5.74) is 2.40. The molecule has 3 rings (SSSR count). The Morgan fingerprint density at radius 3 is 2.93 bits per heavy atom. The summed E-state index contributed by atoms with van der Waals surface area (Å²) in [6, 6.07) is 3.45. The summed E-state index contributed by atoms with van der Waals surface area (Å²) in [6.45, 7) is 0.702. The number of hydrogen-bond acceptors (Lipinski definition) is 1. The molecule has 0 radical (unpaired) electrons. The Kier molecular flexibility index (Phi) is 2.15. The Bertz CT molecular complexity index is 382. The Morgan fingerprint density at radius 2 is 2.13 bits per heavy atom. The molecule has 2 heteroatoms. The van der Waals surface area contributed by atoms with Gasteiger partial charge in [-0.25, -0.2) is 4.39 Å². The van der Waals surface area contributed by atoms with Gasteiger partial charge in [0.25, 0.3) is 0 Å². The van der Waals surface area contributed by atoms with Crippen molar-refractivity contribution in [2.24, 2.45) is 5.92 Å². The molecule has 0 atom stereocenters. The number of ether oxygens (including phenoxy) is 1. The summed E-state index contributed by atoms with van der Waals surface area (Å²) in [5, 5.41) is 0. The molecule has 1 nitrogen and oxygen atoms in total. The monoisotopic (exact) mass is 206 g/mol. The highest BCUT2D eigenvalue weighted by Crippen LogP contribution is 2.35. The maximum Gasteiger partial charge on any atom is 0.165 e. The highest BCUT2D eigenvalue weighted by atomic mass is 19.1. The molecule has 0 bridgehead atoms. The molecule has 0 aromatic heterocycles. The molecule has 1 saturated carbocycles. The minimum atomic E-state index is -0.184. The van der Waals surface area contributed by atoms with Crippen LogP contribution in [-0.4, -0.2) is 6.61 Å². The van der Waals surface area contributed by atoms with Crippen LogP contribution >= 0.6 is 0 Å². The van der Waals surface area contributed by atoms with Gasteiger partial charge in [-0.3, -0.25) is 0 Å². The molecule has 1 aromatic carbocycles. The van der Waals surface area contributed by atoms with Crippen LogP contribution in [0.3, 0.4) is 0 Å². The molecule has 0 heterocycles. The van der Waals surface area contributed by atoms with Crippen LogP contribution in [0.4, 0.5) is 4.39 Å². The quantitative estimate of drug-likeness (QED) is 0.738. The number of aryl methyl sites for hydroxylation is 1. The number of rotatable bonds is 3. The first kappa shape index (κ1) is 9.20. The third kappa shape index (κ3) is 1.73. The minimum Gasteiger partial charge on any atom is -0.490 e. The van der Waals surface area contributed by atoms with E-state index in [2.05, 4.69) is 0 Å². The summed E-state index contributed by atoms with van der Waals surface area (Å²) in [4.78, 5) is 0. The van der Waals surface area contributed by atoms with Crippen molar-refractivity contribution in [1.29, 1.82) is 0 Å². The lowest BCUT2D eigenvalue weighted by Gasteiger charge is -2.11. The van der Waals surface area contributed by atoms with E-state index < -0.39 is 0 Å². The Labute approximate surface area is 89.3 Å². The topological polar surface area (TPSA) is 9.23 Å². The van der Waals surface area contributed by atoms with E-state index in [0.29, 0.717) is 18.3 Å². The summed E-state index contributed by atoms with van der Waals surface area (Å²) in [7, 11) is 0. The van der Waals surface area contributed by atoms with Crippen LogP contribution in [0.5, 0.6) is 5.75 Å². The van der Waals surface area contributed by atoms with Crippen LogP contribution in [-0.2, 0) is 12.8 Å². The lowest BCUT2D eigenvalue weighted by atomic mass is 10.1. The van der Waals surface area contributed by atoms with Crippen molar-refractivity contribution < 1.29 is 9.13 Å². The molecular weight excluding hydrogens is 191 g/mol. The number of hydrogen-bond donors (Lipinski definition) is 0. The molecule has 1 fully saturated rings. The smallest absolute Gasteiger partial charge is 0.165 e. The number of benzene rings is 1. The first-order valence-corrected chi connectivity index (χ1v) is 5.77. The van der Waals surface area contributed by atoms with Gasteiger partial charge in [-0.2, -0.15) is 0 Å². The van der Waals surface area contributed by atoms with Crippen molar-refractivity contribution in [1.82, 2.24) is 0 Å². The highest BCUT2D eigenvalue weighted by molar-refractivity contribution is 5.44. The van der Waals surface area contributed by atoms with Gasteiger partial charge in [0.2, 0.25) is 0 Å². The van der Waals surface area contributed by atoms with Crippen molar-refractivity contribution in [2.45, 2.75) is 32.1 Å². The van der Waals surface area contributed by atoms with E-state index in [0.717, 1.165) is 24.8 Å². The lowest BCUT2D eigenvalue weighted by Crippen LogP contribution is -2.03. The molecule has 0 amide bonds. The fourth-order valence-electron chi connectivity index (χ4n) is 2.25. The molecule has 1 aromatic rings. The van der Waals surface area contributed by atoms with Crippen molar-refractivity contribution in [3.63, 3.8) is 0 Å². The number of halogens is 1. The third-order valence-electron chi connectivity index (χ3n) is 3.34. The first-order valence-electron chi connectivity index (χ1n) is 5.77. The summed E-state index contributed by atoms with van der Waals surface area (Å²) in [5.74, 6) is 1.04. The van der Waals surface area contributed by atoms with E-state index >= 15 is 0 Å². The molecule has 0 spiro atoms. The normalized spacial score (nSPS) is 19.0. The highest BCUT2D eigenvalue weighted by Gasteiger charge is 2.24. The van der Waals surface area contributed by atoms with E-state index in [1.54, 1.807) is 6.07 Å². The molecule has 0 unspecified atom stereocenters. The van der Waals surface area contributed by atoms with Gasteiger partial charge in [0.05, 0.1) is 6.61 Å². The van der Waals surface area contributed by atoms with Gasteiger partial charge in [-0.1, -0.05) is 6.07 Å². The average Bonchev–Trinajstić information content (AvgIpc) is 2.93. The second-order valence-corrected chi connectivity index (χ2v) is 4.62. The maximum absolute atomic E-state index is 13.6. The van der Waals surface area contributed by atoms with E-state index in [9.17, 15) is 4.39 Å². The Hall–Kier alpha value is -1.05. The third-order valence-corrected chi connectivity index (χ3v) is 3.34. The number of fused-ring (bicyclic) bond motifs is 1. The molecule has 80 valence electrons. The van der Waals surface area contributed by atoms with Gasteiger partial charge in [0.1, 0.15) is 0 Å². The molecule has 0 saturated heterocycles. The van der Waals surface area contributed by atoms with Gasteiger partial charge >= 0.3 is 0 Å². The predicted octanol–water partition coefficient (Wildman–Crippen LogP) is 3.10. The van der Waals surface area contributed by atoms with Crippen molar-refractivity contribution >= 4 is 0 Å². The van der Waals surface area contributed by atoms with Crippen molar-refractivity contribution in [2.75, 3.05) is 6.61 Å². The largest absolute Gasteiger partial charge is 0.490 e. The SMILES string of the molecule is Fc1ccc2c(c1OCC1CC1)CCC2. The zero-order chi connectivity index (χ0) is 10.3. The van der Waals surface area contributed by atoms with Gasteiger partial charge in [-0.15, -0.1) is 0 Å². The minimum absolute atomic E-state index is 0.184. The summed E-state index contributed by atoms with van der Waals surface area (Å²) in [6.07, 6.45) is 5.69. The molecule has 15 heavy (non-hydrogen) atoms. The Morgan fingerprint density at radius 1 is 1.27 bits per heavy atom. The maximum atomic E-state index is 13.6. The van der Waals surface area contributed by atoms with E-state index in [4.69, 9.17) is 4.74 Å². The molecule has 0 aliphatic heterocycles. The van der Waals surface area contributed by atoms with Gasteiger partial charge in [-0.05, 0) is 49.7 Å². The van der Waals surface area contributed by atoms with Crippen LogP contribution in [0.1, 0.15) is 30.4 Å². The van der Waals surface area contributed by atoms with Crippen molar-refractivity contribution in [3.8, 4) is 5.75 Å². The van der Waals surface area contributed by atoms with Crippen molar-refractivity contribution in [3.05, 3.63) is 29.1 Å².